The van der Waals surface area contributed by atoms with E-state index >= 15 is 0 Å². The molecule has 5 heteroatoms. The Labute approximate surface area is 104 Å². The predicted molar refractivity (Wildman–Crippen MR) is 67.6 cm³/mol. The van der Waals surface area contributed by atoms with Gasteiger partial charge in [-0.3, -0.25) is 0 Å². The molecule has 1 aromatic rings. The van der Waals surface area contributed by atoms with Gasteiger partial charge in [-0.15, -0.1) is 0 Å². The summed E-state index contributed by atoms with van der Waals surface area (Å²) < 4.78 is 5.90. The van der Waals surface area contributed by atoms with Gasteiger partial charge < -0.3 is 21.3 Å². The Kier molecular flexibility index (Phi) is 5.05. The van der Waals surface area contributed by atoms with Gasteiger partial charge in [0.1, 0.15) is 0 Å². The van der Waals surface area contributed by atoms with Crippen molar-refractivity contribution < 1.29 is 9.84 Å². The molecule has 1 rings (SSSR count). The van der Waals surface area contributed by atoms with Gasteiger partial charge in [0.15, 0.2) is 11.5 Å². The van der Waals surface area contributed by atoms with Crippen LogP contribution in [0.3, 0.4) is 0 Å². The number of halogens is 1. The second-order valence-corrected chi connectivity index (χ2v) is 4.32. The lowest BCUT2D eigenvalue weighted by molar-refractivity contribution is 0.316. The maximum Gasteiger partial charge on any atom is 0.172 e. The first-order valence-corrected chi connectivity index (χ1v) is 6.00. The lowest BCUT2D eigenvalue weighted by Crippen LogP contribution is -2.15. The molecule has 0 bridgehead atoms. The van der Waals surface area contributed by atoms with E-state index in [9.17, 15) is 5.11 Å². The van der Waals surface area contributed by atoms with E-state index in [0.717, 1.165) is 5.56 Å². The van der Waals surface area contributed by atoms with Crippen LogP contribution in [0, 0.1) is 0 Å². The zero-order valence-corrected chi connectivity index (χ0v) is 10.8. The lowest BCUT2D eigenvalue weighted by atomic mass is 10.0. The number of phenolic OH excluding ortho intramolecular Hbond substituents is 1. The van der Waals surface area contributed by atoms with Crippen LogP contribution in [0.25, 0.3) is 0 Å². The first kappa shape index (κ1) is 13.3. The summed E-state index contributed by atoms with van der Waals surface area (Å²) in [4.78, 5) is 0. The molecule has 1 aromatic carbocycles. The van der Waals surface area contributed by atoms with Crippen LogP contribution in [-0.2, 0) is 0 Å². The molecule has 0 saturated carbocycles. The number of benzene rings is 1. The number of ether oxygens (including phenoxy) is 1. The zero-order chi connectivity index (χ0) is 12.1. The summed E-state index contributed by atoms with van der Waals surface area (Å²) in [6.45, 7) is 2.89. The summed E-state index contributed by atoms with van der Waals surface area (Å²) in [6.07, 6.45) is 0.697. The molecule has 1 atom stereocenters. The van der Waals surface area contributed by atoms with Crippen molar-refractivity contribution >= 4 is 15.9 Å². The van der Waals surface area contributed by atoms with Crippen LogP contribution in [0.5, 0.6) is 11.5 Å². The highest BCUT2D eigenvalue weighted by Crippen LogP contribution is 2.37. The Balaban J connectivity index is 3.03. The molecule has 0 radical (unpaired) electrons. The molecular formula is C11H17BrN2O2. The number of nitrogens with two attached hydrogens (primary N) is 2. The molecule has 0 aliphatic carbocycles. The third-order valence-electron chi connectivity index (χ3n) is 2.26. The fourth-order valence-electron chi connectivity index (χ4n) is 1.42. The van der Waals surface area contributed by atoms with Crippen LogP contribution in [0.15, 0.2) is 16.6 Å². The van der Waals surface area contributed by atoms with Crippen molar-refractivity contribution in [1.82, 2.24) is 0 Å². The monoisotopic (exact) mass is 288 g/mol. The van der Waals surface area contributed by atoms with Crippen molar-refractivity contribution in [2.75, 3.05) is 13.2 Å². The van der Waals surface area contributed by atoms with E-state index in [4.69, 9.17) is 16.2 Å². The van der Waals surface area contributed by atoms with Crippen molar-refractivity contribution in [2.24, 2.45) is 11.5 Å². The topological polar surface area (TPSA) is 81.5 Å². The van der Waals surface area contributed by atoms with Crippen molar-refractivity contribution in [3.05, 3.63) is 22.2 Å². The highest BCUT2D eigenvalue weighted by Gasteiger charge is 2.13. The molecule has 0 heterocycles. The molecule has 0 unspecified atom stereocenters. The van der Waals surface area contributed by atoms with E-state index in [0.29, 0.717) is 29.8 Å². The maximum absolute atomic E-state index is 9.73. The smallest absolute Gasteiger partial charge is 0.172 e. The third kappa shape index (κ3) is 3.10. The largest absolute Gasteiger partial charge is 0.503 e. The van der Waals surface area contributed by atoms with E-state index in [1.807, 2.05) is 6.92 Å². The summed E-state index contributed by atoms with van der Waals surface area (Å²) in [5.74, 6) is 0.546. The summed E-state index contributed by atoms with van der Waals surface area (Å²) >= 11 is 3.27. The van der Waals surface area contributed by atoms with Crippen LogP contribution >= 0.6 is 15.9 Å². The third-order valence-corrected chi connectivity index (χ3v) is 2.86. The van der Waals surface area contributed by atoms with E-state index < -0.39 is 0 Å². The number of hydrogen-bond donors (Lipinski definition) is 3. The summed E-state index contributed by atoms with van der Waals surface area (Å²) in [7, 11) is 0. The maximum atomic E-state index is 9.73. The van der Waals surface area contributed by atoms with Crippen LogP contribution < -0.4 is 16.2 Å². The minimum Gasteiger partial charge on any atom is -0.503 e. The van der Waals surface area contributed by atoms with Gasteiger partial charge in [0.2, 0.25) is 0 Å². The Morgan fingerprint density at radius 2 is 2.19 bits per heavy atom. The van der Waals surface area contributed by atoms with E-state index in [1.165, 1.54) is 0 Å². The fourth-order valence-corrected chi connectivity index (χ4v) is 1.88. The van der Waals surface area contributed by atoms with Gasteiger partial charge in [0.05, 0.1) is 11.1 Å². The summed E-state index contributed by atoms with van der Waals surface area (Å²) in [5, 5.41) is 9.73. The zero-order valence-electron chi connectivity index (χ0n) is 9.24. The molecule has 4 nitrogen and oxygen atoms in total. The Hall–Kier alpha value is -0.780. The van der Waals surface area contributed by atoms with Gasteiger partial charge >= 0.3 is 0 Å². The standard InChI is InChI=1S/C11H17BrN2O2/c1-2-16-10-6-7(9(14)3-4-13)5-8(12)11(10)15/h5-6,9,15H,2-4,13-14H2,1H3/t9-/m0/s1. The summed E-state index contributed by atoms with van der Waals surface area (Å²) in [6, 6.07) is 3.41. The predicted octanol–water partition coefficient (Wildman–Crippen LogP) is 1.90. The van der Waals surface area contributed by atoms with Gasteiger partial charge in [-0.2, -0.15) is 0 Å². The van der Waals surface area contributed by atoms with Gasteiger partial charge in [-0.05, 0) is 53.5 Å². The van der Waals surface area contributed by atoms with E-state index in [1.54, 1.807) is 12.1 Å². The van der Waals surface area contributed by atoms with Crippen molar-refractivity contribution in [3.8, 4) is 11.5 Å². The SMILES string of the molecule is CCOc1cc([C@@H](N)CCN)cc(Br)c1O. The number of rotatable bonds is 5. The Morgan fingerprint density at radius 3 is 2.75 bits per heavy atom. The molecule has 0 fully saturated rings. The molecule has 90 valence electrons. The average Bonchev–Trinajstić information content (AvgIpc) is 2.25. The molecule has 0 amide bonds. The molecule has 0 aliphatic rings. The van der Waals surface area contributed by atoms with E-state index in [2.05, 4.69) is 15.9 Å². The molecule has 5 N–H and O–H groups in total. The normalized spacial score (nSPS) is 12.5. The molecular weight excluding hydrogens is 272 g/mol. The number of aromatic hydroxyl groups is 1. The summed E-state index contributed by atoms with van der Waals surface area (Å²) in [5.41, 5.74) is 12.3. The van der Waals surface area contributed by atoms with Crippen LogP contribution in [0.4, 0.5) is 0 Å². The van der Waals surface area contributed by atoms with Gasteiger partial charge in [-0.1, -0.05) is 0 Å². The first-order valence-electron chi connectivity index (χ1n) is 5.21. The van der Waals surface area contributed by atoms with Gasteiger partial charge in [0.25, 0.3) is 0 Å². The van der Waals surface area contributed by atoms with Crippen LogP contribution in [-0.4, -0.2) is 18.3 Å². The highest BCUT2D eigenvalue weighted by atomic mass is 79.9. The molecule has 16 heavy (non-hydrogen) atoms. The van der Waals surface area contributed by atoms with Crippen molar-refractivity contribution in [3.63, 3.8) is 0 Å². The number of phenols is 1. The highest BCUT2D eigenvalue weighted by molar-refractivity contribution is 9.10. The minimum atomic E-state index is -0.138. The minimum absolute atomic E-state index is 0.102. The van der Waals surface area contributed by atoms with Crippen molar-refractivity contribution in [1.29, 1.82) is 0 Å². The van der Waals surface area contributed by atoms with Gasteiger partial charge in [-0.25, -0.2) is 0 Å². The molecule has 0 aliphatic heterocycles. The molecule has 0 aromatic heterocycles. The Bertz CT molecular complexity index is 358. The molecule has 0 saturated heterocycles. The first-order chi connectivity index (χ1) is 7.60. The van der Waals surface area contributed by atoms with Gasteiger partial charge in [0, 0.05) is 6.04 Å². The van der Waals surface area contributed by atoms with Crippen molar-refractivity contribution in [2.45, 2.75) is 19.4 Å². The van der Waals surface area contributed by atoms with Crippen LogP contribution in [0.1, 0.15) is 24.9 Å². The lowest BCUT2D eigenvalue weighted by Gasteiger charge is -2.14. The quantitative estimate of drug-likeness (QED) is 0.773. The average molecular weight is 289 g/mol. The number of hydrogen-bond acceptors (Lipinski definition) is 4. The fraction of sp³-hybridized carbons (Fsp3) is 0.455. The second-order valence-electron chi connectivity index (χ2n) is 3.47. The van der Waals surface area contributed by atoms with Crippen LogP contribution in [0.2, 0.25) is 0 Å². The second kappa shape index (κ2) is 6.08. The Morgan fingerprint density at radius 1 is 1.50 bits per heavy atom. The molecule has 0 spiro atoms. The van der Waals surface area contributed by atoms with E-state index in [-0.39, 0.29) is 11.8 Å².